The van der Waals surface area contributed by atoms with Gasteiger partial charge < -0.3 is 9.80 Å². The SMILES string of the molecule is O=C1N(c2ccc(C(F)(F)F)nc2)C(=O)C2(CCN(c3cnc4cnn(CC(F)F)c4n3)CC2)N1C1CCC1. The molecule has 0 N–H and O–H groups in total. The second-order valence-electron chi connectivity index (χ2n) is 9.95. The third-order valence-electron chi connectivity index (χ3n) is 7.75. The molecule has 0 unspecified atom stereocenters. The van der Waals surface area contributed by atoms with Crippen LogP contribution in [0.4, 0.5) is 38.3 Å². The monoisotopic (exact) mass is 550 g/mol. The van der Waals surface area contributed by atoms with E-state index in [0.29, 0.717) is 24.4 Å². The lowest BCUT2D eigenvalue weighted by Gasteiger charge is -2.47. The van der Waals surface area contributed by atoms with Gasteiger partial charge in [-0.3, -0.25) is 4.79 Å². The minimum absolute atomic E-state index is 0.00904. The van der Waals surface area contributed by atoms with Crippen molar-refractivity contribution in [2.45, 2.75) is 62.8 Å². The van der Waals surface area contributed by atoms with Crippen LogP contribution in [0.5, 0.6) is 0 Å². The smallest absolute Gasteiger partial charge is 0.355 e. The minimum Gasteiger partial charge on any atom is -0.355 e. The molecule has 2 aliphatic heterocycles. The second-order valence-corrected chi connectivity index (χ2v) is 9.95. The first-order chi connectivity index (χ1) is 18.6. The van der Waals surface area contributed by atoms with E-state index < -0.39 is 42.3 Å². The Kier molecular flexibility index (Phi) is 5.91. The zero-order chi connectivity index (χ0) is 27.5. The van der Waals surface area contributed by atoms with Gasteiger partial charge in [0.2, 0.25) is 0 Å². The zero-order valence-electron chi connectivity index (χ0n) is 20.5. The lowest BCUT2D eigenvalue weighted by molar-refractivity contribution is -0.141. The molecule has 1 saturated carbocycles. The second kappa shape index (κ2) is 9.09. The van der Waals surface area contributed by atoms with Gasteiger partial charge in [-0.15, -0.1) is 0 Å². The summed E-state index contributed by atoms with van der Waals surface area (Å²) in [6.07, 6.45) is -0.577. The van der Waals surface area contributed by atoms with Crippen LogP contribution in [0.2, 0.25) is 0 Å². The third kappa shape index (κ3) is 4.14. The van der Waals surface area contributed by atoms with Crippen molar-refractivity contribution < 1.29 is 31.5 Å². The van der Waals surface area contributed by atoms with E-state index in [1.165, 1.54) is 12.4 Å². The number of fused-ring (bicyclic) bond motifs is 1. The fourth-order valence-corrected chi connectivity index (χ4v) is 5.57. The quantitative estimate of drug-likeness (QED) is 0.351. The average molecular weight is 550 g/mol. The standard InChI is InChI=1S/C24H23F5N8O2/c25-18(26)13-35-20-16(11-32-35)30-12-19(33-20)34-8-6-23(7-9-34)21(38)36(22(39)37(23)14-2-1-3-14)15-4-5-17(31-10-15)24(27,28)29/h4-5,10-12,14,18H,1-3,6-9,13H2. The summed E-state index contributed by atoms with van der Waals surface area (Å²) in [5.41, 5.74) is -1.68. The van der Waals surface area contributed by atoms with Crippen molar-refractivity contribution in [1.82, 2.24) is 29.6 Å². The van der Waals surface area contributed by atoms with Gasteiger partial charge in [0.1, 0.15) is 29.1 Å². The fourth-order valence-electron chi connectivity index (χ4n) is 5.57. The number of amides is 3. The summed E-state index contributed by atoms with van der Waals surface area (Å²) in [4.78, 5) is 44.0. The fraction of sp³-hybridized carbons (Fsp3) is 0.500. The van der Waals surface area contributed by atoms with E-state index in [1.807, 2.05) is 4.90 Å². The predicted molar refractivity (Wildman–Crippen MR) is 127 cm³/mol. The van der Waals surface area contributed by atoms with Crippen molar-refractivity contribution in [1.29, 1.82) is 0 Å². The molecule has 39 heavy (non-hydrogen) atoms. The number of aromatic nitrogens is 5. The van der Waals surface area contributed by atoms with Gasteiger partial charge in [-0.05, 0) is 44.2 Å². The van der Waals surface area contributed by atoms with Gasteiger partial charge in [0, 0.05) is 19.1 Å². The van der Waals surface area contributed by atoms with Crippen molar-refractivity contribution in [2.75, 3.05) is 22.9 Å². The number of carbonyl (C=O) groups is 2. The van der Waals surface area contributed by atoms with E-state index in [-0.39, 0.29) is 30.2 Å². The number of rotatable bonds is 5. The lowest BCUT2D eigenvalue weighted by Crippen LogP contribution is -2.60. The highest BCUT2D eigenvalue weighted by atomic mass is 19.4. The summed E-state index contributed by atoms with van der Waals surface area (Å²) >= 11 is 0. The van der Waals surface area contributed by atoms with Crippen molar-refractivity contribution in [3.05, 3.63) is 36.4 Å². The van der Waals surface area contributed by atoms with Gasteiger partial charge in [0.05, 0.1) is 24.3 Å². The molecule has 15 heteroatoms. The molecule has 1 spiro atoms. The van der Waals surface area contributed by atoms with Gasteiger partial charge in [0.25, 0.3) is 12.3 Å². The molecule has 3 amide bonds. The Labute approximate surface area is 218 Å². The van der Waals surface area contributed by atoms with Crippen LogP contribution in [-0.4, -0.2) is 72.7 Å². The molecule has 0 aromatic carbocycles. The molecule has 10 nitrogen and oxygen atoms in total. The summed E-state index contributed by atoms with van der Waals surface area (Å²) in [5, 5.41) is 3.93. The van der Waals surface area contributed by atoms with Crippen molar-refractivity contribution in [3.8, 4) is 0 Å². The van der Waals surface area contributed by atoms with Crippen LogP contribution < -0.4 is 9.80 Å². The molecule has 3 aromatic rings. The first-order valence-corrected chi connectivity index (χ1v) is 12.5. The molecule has 3 fully saturated rings. The predicted octanol–water partition coefficient (Wildman–Crippen LogP) is 3.87. The maximum absolute atomic E-state index is 13.8. The number of piperidine rings is 1. The van der Waals surface area contributed by atoms with E-state index >= 15 is 0 Å². The number of anilines is 2. The summed E-state index contributed by atoms with van der Waals surface area (Å²) in [6.45, 7) is 0.0291. The van der Waals surface area contributed by atoms with Crippen LogP contribution in [0.1, 0.15) is 37.8 Å². The minimum atomic E-state index is -4.65. The molecular formula is C24H23F5N8O2. The van der Waals surface area contributed by atoms with Crippen LogP contribution in [0.3, 0.4) is 0 Å². The number of urea groups is 1. The Morgan fingerprint density at radius 2 is 1.77 bits per heavy atom. The zero-order valence-corrected chi connectivity index (χ0v) is 20.5. The normalized spacial score (nSPS) is 20.1. The first-order valence-electron chi connectivity index (χ1n) is 12.5. The molecule has 3 aliphatic rings. The summed E-state index contributed by atoms with van der Waals surface area (Å²) in [7, 11) is 0. The van der Waals surface area contributed by atoms with Crippen molar-refractivity contribution in [2.24, 2.45) is 0 Å². The number of hydrogen-bond donors (Lipinski definition) is 0. The molecule has 206 valence electrons. The van der Waals surface area contributed by atoms with E-state index in [4.69, 9.17) is 0 Å². The van der Waals surface area contributed by atoms with Gasteiger partial charge in [0.15, 0.2) is 5.65 Å². The van der Waals surface area contributed by atoms with E-state index in [0.717, 1.165) is 47.2 Å². The number of nitrogens with zero attached hydrogens (tertiary/aromatic N) is 8. The Bertz CT molecular complexity index is 1410. The molecule has 6 rings (SSSR count). The molecular weight excluding hydrogens is 527 g/mol. The maximum atomic E-state index is 13.8. The Balaban J connectivity index is 1.27. The number of carbonyl (C=O) groups excluding carboxylic acids is 2. The van der Waals surface area contributed by atoms with Crippen LogP contribution >= 0.6 is 0 Å². The first kappa shape index (κ1) is 25.4. The number of imide groups is 1. The average Bonchev–Trinajstić information content (AvgIpc) is 3.35. The van der Waals surface area contributed by atoms with Crippen LogP contribution in [-0.2, 0) is 17.5 Å². The number of pyridine rings is 1. The summed E-state index contributed by atoms with van der Waals surface area (Å²) in [6, 6.07) is 1.15. The molecule has 0 atom stereocenters. The Hall–Kier alpha value is -3.91. The highest BCUT2D eigenvalue weighted by molar-refractivity contribution is 6.23. The van der Waals surface area contributed by atoms with Gasteiger partial charge in [-0.2, -0.15) is 18.3 Å². The Morgan fingerprint density at radius 3 is 2.36 bits per heavy atom. The van der Waals surface area contributed by atoms with Gasteiger partial charge >= 0.3 is 12.2 Å². The maximum Gasteiger partial charge on any atom is 0.433 e. The highest BCUT2D eigenvalue weighted by Gasteiger charge is 2.61. The summed E-state index contributed by atoms with van der Waals surface area (Å²) in [5.74, 6) is -0.0544. The lowest BCUT2D eigenvalue weighted by atomic mass is 9.81. The van der Waals surface area contributed by atoms with Crippen LogP contribution in [0.25, 0.3) is 11.2 Å². The molecule has 0 bridgehead atoms. The molecule has 0 radical (unpaired) electrons. The highest BCUT2D eigenvalue weighted by Crippen LogP contribution is 2.45. The van der Waals surface area contributed by atoms with E-state index in [9.17, 15) is 31.5 Å². The molecule has 1 aliphatic carbocycles. The van der Waals surface area contributed by atoms with Crippen LogP contribution in [0.15, 0.2) is 30.7 Å². The van der Waals surface area contributed by atoms with Gasteiger partial charge in [-0.1, -0.05) is 0 Å². The number of alkyl halides is 5. The topological polar surface area (TPSA) is 100 Å². The van der Waals surface area contributed by atoms with Gasteiger partial charge in [-0.25, -0.2) is 38.1 Å². The number of hydrogen-bond acceptors (Lipinski definition) is 7. The third-order valence-corrected chi connectivity index (χ3v) is 7.75. The largest absolute Gasteiger partial charge is 0.433 e. The van der Waals surface area contributed by atoms with Crippen molar-refractivity contribution in [3.63, 3.8) is 0 Å². The van der Waals surface area contributed by atoms with E-state index in [2.05, 4.69) is 20.1 Å². The van der Waals surface area contributed by atoms with Crippen molar-refractivity contribution >= 4 is 34.6 Å². The van der Waals surface area contributed by atoms with E-state index in [1.54, 1.807) is 4.90 Å². The Morgan fingerprint density at radius 1 is 1.03 bits per heavy atom. The molecule has 2 saturated heterocycles. The van der Waals surface area contributed by atoms with Crippen LogP contribution in [0, 0.1) is 0 Å². The molecule has 5 heterocycles. The summed E-state index contributed by atoms with van der Waals surface area (Å²) < 4.78 is 66.0. The molecule has 3 aromatic heterocycles. The number of halogens is 5.